The lowest BCUT2D eigenvalue weighted by atomic mass is 10.3. The lowest BCUT2D eigenvalue weighted by Gasteiger charge is -2.01. The van der Waals surface area contributed by atoms with Crippen LogP contribution in [0.15, 0.2) is 12.3 Å². The van der Waals surface area contributed by atoms with Gasteiger partial charge in [0.15, 0.2) is 6.29 Å². The summed E-state index contributed by atoms with van der Waals surface area (Å²) in [5.41, 5.74) is 0.480. The van der Waals surface area contributed by atoms with Crippen LogP contribution in [-0.4, -0.2) is 18.4 Å². The van der Waals surface area contributed by atoms with Crippen LogP contribution in [0.5, 0.6) is 5.75 Å². The maximum atomic E-state index is 10.4. The molecular formula is C7H6INO2. The third-order valence-electron chi connectivity index (χ3n) is 1.21. The minimum absolute atomic E-state index is 0.480. The molecule has 0 spiro atoms. The summed E-state index contributed by atoms with van der Waals surface area (Å²) in [5, 5.41) is 0. The van der Waals surface area contributed by atoms with Crippen molar-refractivity contribution in [2.45, 2.75) is 0 Å². The van der Waals surface area contributed by atoms with E-state index in [2.05, 4.69) is 27.6 Å². The van der Waals surface area contributed by atoms with Crippen molar-refractivity contribution in [3.8, 4) is 5.75 Å². The first-order valence-electron chi connectivity index (χ1n) is 2.92. The molecule has 0 aliphatic carbocycles. The molecule has 0 aliphatic rings. The van der Waals surface area contributed by atoms with Gasteiger partial charge in [-0.05, 0) is 22.6 Å². The molecule has 58 valence electrons. The van der Waals surface area contributed by atoms with Crippen LogP contribution in [-0.2, 0) is 0 Å². The van der Waals surface area contributed by atoms with E-state index in [1.807, 2.05) is 0 Å². The predicted molar refractivity (Wildman–Crippen MR) is 48.9 cm³/mol. The number of methoxy groups -OCH3 is 1. The third-order valence-corrected chi connectivity index (χ3v) is 1.80. The monoisotopic (exact) mass is 263 g/mol. The Hall–Kier alpha value is -0.650. The van der Waals surface area contributed by atoms with Gasteiger partial charge in [0, 0.05) is 12.3 Å². The van der Waals surface area contributed by atoms with Crippen LogP contribution in [0.1, 0.15) is 10.4 Å². The Morgan fingerprint density at radius 2 is 2.45 bits per heavy atom. The minimum Gasteiger partial charge on any atom is -0.496 e. The first-order valence-corrected chi connectivity index (χ1v) is 4.00. The molecule has 0 saturated heterocycles. The summed E-state index contributed by atoms with van der Waals surface area (Å²) in [5.74, 6) is 0.569. The Kier molecular flexibility index (Phi) is 2.81. The number of halogens is 1. The van der Waals surface area contributed by atoms with Crippen molar-refractivity contribution in [3.63, 3.8) is 0 Å². The van der Waals surface area contributed by atoms with Crippen LogP contribution >= 0.6 is 22.6 Å². The summed E-state index contributed by atoms with van der Waals surface area (Å²) < 4.78 is 5.75. The number of nitrogens with zero attached hydrogens (tertiary/aromatic N) is 1. The van der Waals surface area contributed by atoms with E-state index in [4.69, 9.17) is 4.74 Å². The number of pyridine rings is 1. The molecule has 1 aromatic rings. The Bertz CT molecular complexity index is 275. The number of aromatic nitrogens is 1. The quantitative estimate of drug-likeness (QED) is 0.461. The largest absolute Gasteiger partial charge is 0.496 e. The van der Waals surface area contributed by atoms with Gasteiger partial charge in [-0.25, -0.2) is 4.98 Å². The molecular weight excluding hydrogens is 257 g/mol. The summed E-state index contributed by atoms with van der Waals surface area (Å²) in [6, 6.07) is 1.71. The highest BCUT2D eigenvalue weighted by Crippen LogP contribution is 2.16. The van der Waals surface area contributed by atoms with Crippen molar-refractivity contribution in [1.29, 1.82) is 0 Å². The van der Waals surface area contributed by atoms with Gasteiger partial charge < -0.3 is 4.74 Å². The molecule has 0 bridgehead atoms. The average Bonchev–Trinajstić information content (AvgIpc) is 2.04. The number of carbonyl (C=O) groups excluding carboxylic acids is 1. The van der Waals surface area contributed by atoms with Gasteiger partial charge in [0.05, 0.1) is 12.7 Å². The maximum Gasteiger partial charge on any atom is 0.155 e. The predicted octanol–water partition coefficient (Wildman–Crippen LogP) is 1.51. The second kappa shape index (κ2) is 3.66. The number of rotatable bonds is 2. The van der Waals surface area contributed by atoms with Crippen molar-refractivity contribution in [1.82, 2.24) is 4.98 Å². The topological polar surface area (TPSA) is 39.2 Å². The Morgan fingerprint density at radius 3 is 3.00 bits per heavy atom. The van der Waals surface area contributed by atoms with Gasteiger partial charge >= 0.3 is 0 Å². The molecule has 3 nitrogen and oxygen atoms in total. The summed E-state index contributed by atoms with van der Waals surface area (Å²) in [6.07, 6.45) is 2.22. The number of carbonyl (C=O) groups is 1. The Labute approximate surface area is 77.9 Å². The van der Waals surface area contributed by atoms with Crippen molar-refractivity contribution in [3.05, 3.63) is 21.5 Å². The van der Waals surface area contributed by atoms with Gasteiger partial charge in [0.1, 0.15) is 9.45 Å². The fraction of sp³-hybridized carbons (Fsp3) is 0.143. The maximum absolute atomic E-state index is 10.4. The molecule has 0 fully saturated rings. The van der Waals surface area contributed by atoms with Gasteiger partial charge in [0.25, 0.3) is 0 Å². The zero-order valence-corrected chi connectivity index (χ0v) is 8.03. The van der Waals surface area contributed by atoms with Crippen LogP contribution in [0, 0.1) is 3.70 Å². The van der Waals surface area contributed by atoms with E-state index in [-0.39, 0.29) is 0 Å². The SMILES string of the molecule is COc1cc(I)ncc1C=O. The van der Waals surface area contributed by atoms with Gasteiger partial charge in [-0.2, -0.15) is 0 Å². The zero-order chi connectivity index (χ0) is 8.27. The summed E-state index contributed by atoms with van der Waals surface area (Å²) >= 11 is 2.05. The van der Waals surface area contributed by atoms with E-state index in [1.165, 1.54) is 13.3 Å². The highest BCUT2D eigenvalue weighted by molar-refractivity contribution is 14.1. The normalized spacial score (nSPS) is 9.27. The highest BCUT2D eigenvalue weighted by atomic mass is 127. The second-order valence-corrected chi connectivity index (χ2v) is 2.97. The first kappa shape index (κ1) is 8.45. The van der Waals surface area contributed by atoms with Gasteiger partial charge in [-0.3, -0.25) is 4.79 Å². The summed E-state index contributed by atoms with van der Waals surface area (Å²) in [7, 11) is 1.53. The van der Waals surface area contributed by atoms with E-state index in [0.717, 1.165) is 9.99 Å². The summed E-state index contributed by atoms with van der Waals surface area (Å²) in [6.45, 7) is 0. The van der Waals surface area contributed by atoms with Crippen molar-refractivity contribution in [2.75, 3.05) is 7.11 Å². The zero-order valence-electron chi connectivity index (χ0n) is 5.87. The molecule has 0 amide bonds. The number of hydrogen-bond acceptors (Lipinski definition) is 3. The molecule has 1 aromatic heterocycles. The molecule has 11 heavy (non-hydrogen) atoms. The number of aldehydes is 1. The molecule has 0 radical (unpaired) electrons. The smallest absolute Gasteiger partial charge is 0.155 e. The third kappa shape index (κ3) is 1.89. The second-order valence-electron chi connectivity index (χ2n) is 1.87. The molecule has 0 atom stereocenters. The average molecular weight is 263 g/mol. The number of ether oxygens (including phenoxy) is 1. The first-order chi connectivity index (χ1) is 5.27. The van der Waals surface area contributed by atoms with Crippen molar-refractivity contribution >= 4 is 28.9 Å². The van der Waals surface area contributed by atoms with Gasteiger partial charge in [0.2, 0.25) is 0 Å². The van der Waals surface area contributed by atoms with Crippen LogP contribution < -0.4 is 4.74 Å². The van der Waals surface area contributed by atoms with Crippen LogP contribution in [0.3, 0.4) is 0 Å². The number of hydrogen-bond donors (Lipinski definition) is 0. The van der Waals surface area contributed by atoms with E-state index >= 15 is 0 Å². The summed E-state index contributed by atoms with van der Waals surface area (Å²) in [4.78, 5) is 14.3. The minimum atomic E-state index is 0.480. The molecule has 0 aromatic carbocycles. The van der Waals surface area contributed by atoms with Gasteiger partial charge in [-0.1, -0.05) is 0 Å². The van der Waals surface area contributed by atoms with Crippen LogP contribution in [0.2, 0.25) is 0 Å². The van der Waals surface area contributed by atoms with E-state index < -0.39 is 0 Å². The van der Waals surface area contributed by atoms with Gasteiger partial charge in [-0.15, -0.1) is 0 Å². The van der Waals surface area contributed by atoms with Crippen molar-refractivity contribution in [2.24, 2.45) is 0 Å². The lowest BCUT2D eigenvalue weighted by molar-refractivity contribution is 0.112. The fourth-order valence-electron chi connectivity index (χ4n) is 0.689. The molecule has 0 aliphatic heterocycles. The molecule has 0 saturated carbocycles. The molecule has 4 heteroatoms. The van der Waals surface area contributed by atoms with E-state index in [0.29, 0.717) is 11.3 Å². The van der Waals surface area contributed by atoms with Crippen LogP contribution in [0.4, 0.5) is 0 Å². The molecule has 1 rings (SSSR count). The highest BCUT2D eigenvalue weighted by Gasteiger charge is 2.01. The molecule has 0 N–H and O–H groups in total. The standard InChI is InChI=1S/C7H6INO2/c1-11-6-2-7(8)9-3-5(6)4-10/h2-4H,1H3. The van der Waals surface area contributed by atoms with E-state index in [9.17, 15) is 4.79 Å². The fourth-order valence-corrected chi connectivity index (χ4v) is 1.11. The molecule has 0 unspecified atom stereocenters. The molecule has 1 heterocycles. The lowest BCUT2D eigenvalue weighted by Crippen LogP contribution is -1.92. The Balaban J connectivity index is 3.16. The Morgan fingerprint density at radius 1 is 1.73 bits per heavy atom. The van der Waals surface area contributed by atoms with Crippen LogP contribution in [0.25, 0.3) is 0 Å². The van der Waals surface area contributed by atoms with Crippen molar-refractivity contribution < 1.29 is 9.53 Å². The van der Waals surface area contributed by atoms with E-state index in [1.54, 1.807) is 6.07 Å².